The summed E-state index contributed by atoms with van der Waals surface area (Å²) in [6, 6.07) is 12.1. The summed E-state index contributed by atoms with van der Waals surface area (Å²) in [6.45, 7) is 2.10. The number of para-hydroxylation sites is 1. The summed E-state index contributed by atoms with van der Waals surface area (Å²) in [4.78, 5) is 6.54. The third kappa shape index (κ3) is 1.99. The number of hydrogen-bond acceptors (Lipinski definition) is 3. The van der Waals surface area contributed by atoms with Crippen LogP contribution in [0.5, 0.6) is 0 Å². The molecule has 0 radical (unpaired) electrons. The first-order valence-corrected chi connectivity index (χ1v) is 5.42. The minimum Gasteiger partial charge on any atom is -0.394 e. The van der Waals surface area contributed by atoms with Crippen molar-refractivity contribution in [3.8, 4) is 0 Å². The average molecular weight is 216 g/mol. The second-order valence-corrected chi connectivity index (χ2v) is 4.00. The Morgan fingerprint density at radius 1 is 1.25 bits per heavy atom. The highest BCUT2D eigenvalue weighted by atomic mass is 16.3. The van der Waals surface area contributed by atoms with Gasteiger partial charge in [-0.3, -0.25) is 0 Å². The molecule has 1 atom stereocenters. The molecule has 0 aliphatic heterocycles. The van der Waals surface area contributed by atoms with Gasteiger partial charge in [0.1, 0.15) is 5.82 Å². The van der Waals surface area contributed by atoms with Crippen LogP contribution < -0.4 is 4.90 Å². The zero-order valence-electron chi connectivity index (χ0n) is 9.59. The molecule has 1 unspecified atom stereocenters. The molecule has 0 fully saturated rings. The Morgan fingerprint density at radius 2 is 2.00 bits per heavy atom. The van der Waals surface area contributed by atoms with Gasteiger partial charge in [-0.25, -0.2) is 4.98 Å². The molecule has 0 aliphatic carbocycles. The second-order valence-electron chi connectivity index (χ2n) is 4.00. The zero-order valence-corrected chi connectivity index (χ0v) is 9.59. The molecule has 0 aliphatic rings. The predicted octanol–water partition coefficient (Wildman–Crippen LogP) is 2.05. The van der Waals surface area contributed by atoms with Crippen molar-refractivity contribution in [3.05, 3.63) is 36.4 Å². The number of aliphatic hydroxyl groups excluding tert-OH is 1. The summed E-state index contributed by atoms with van der Waals surface area (Å²) < 4.78 is 0. The van der Waals surface area contributed by atoms with Crippen LogP contribution in [0.3, 0.4) is 0 Å². The molecule has 84 valence electrons. The number of fused-ring (bicyclic) bond motifs is 1. The van der Waals surface area contributed by atoms with Crippen LogP contribution in [0.4, 0.5) is 5.82 Å². The highest BCUT2D eigenvalue weighted by Crippen LogP contribution is 2.18. The Labute approximate surface area is 95.3 Å². The molecule has 2 rings (SSSR count). The molecule has 3 nitrogen and oxygen atoms in total. The van der Waals surface area contributed by atoms with E-state index >= 15 is 0 Å². The standard InChI is InChI=1S/C13H16N2O/c1-10(9-16)15(2)13-8-7-11-5-3-4-6-12(11)14-13/h3-8,10,16H,9H2,1-2H3. The molecule has 0 saturated heterocycles. The molecular formula is C13H16N2O. The van der Waals surface area contributed by atoms with Gasteiger partial charge in [-0.15, -0.1) is 0 Å². The van der Waals surface area contributed by atoms with E-state index in [2.05, 4.69) is 11.1 Å². The molecule has 1 N–H and O–H groups in total. The van der Waals surface area contributed by atoms with Crippen molar-refractivity contribution in [3.63, 3.8) is 0 Å². The summed E-state index contributed by atoms with van der Waals surface area (Å²) >= 11 is 0. The molecule has 0 amide bonds. The minimum atomic E-state index is 0.0775. The Morgan fingerprint density at radius 3 is 2.75 bits per heavy atom. The van der Waals surface area contributed by atoms with Crippen LogP contribution in [0, 0.1) is 0 Å². The van der Waals surface area contributed by atoms with Crippen molar-refractivity contribution < 1.29 is 5.11 Å². The number of benzene rings is 1. The van der Waals surface area contributed by atoms with Gasteiger partial charge in [-0.2, -0.15) is 0 Å². The van der Waals surface area contributed by atoms with Crippen molar-refractivity contribution in [1.29, 1.82) is 0 Å². The van der Waals surface area contributed by atoms with E-state index in [-0.39, 0.29) is 12.6 Å². The number of nitrogens with zero attached hydrogens (tertiary/aromatic N) is 2. The number of anilines is 1. The fraction of sp³-hybridized carbons (Fsp3) is 0.308. The maximum atomic E-state index is 9.11. The van der Waals surface area contributed by atoms with Gasteiger partial charge in [0.15, 0.2) is 0 Å². The van der Waals surface area contributed by atoms with Crippen LogP contribution in [0.1, 0.15) is 6.92 Å². The maximum Gasteiger partial charge on any atom is 0.129 e. The van der Waals surface area contributed by atoms with E-state index < -0.39 is 0 Å². The number of aromatic nitrogens is 1. The van der Waals surface area contributed by atoms with E-state index in [1.54, 1.807) is 0 Å². The molecule has 2 aromatic rings. The van der Waals surface area contributed by atoms with E-state index in [4.69, 9.17) is 5.11 Å². The highest BCUT2D eigenvalue weighted by Gasteiger charge is 2.09. The maximum absolute atomic E-state index is 9.11. The monoisotopic (exact) mass is 216 g/mol. The Balaban J connectivity index is 2.39. The highest BCUT2D eigenvalue weighted by molar-refractivity contribution is 5.80. The van der Waals surface area contributed by atoms with Crippen LogP contribution in [-0.4, -0.2) is 29.8 Å². The van der Waals surface area contributed by atoms with Crippen LogP contribution in [0.15, 0.2) is 36.4 Å². The third-order valence-electron chi connectivity index (χ3n) is 2.87. The molecule has 0 spiro atoms. The normalized spacial score (nSPS) is 12.7. The molecule has 1 aromatic heterocycles. The lowest BCUT2D eigenvalue weighted by Gasteiger charge is -2.24. The lowest BCUT2D eigenvalue weighted by atomic mass is 10.2. The molecule has 1 heterocycles. The Bertz CT molecular complexity index is 484. The topological polar surface area (TPSA) is 36.4 Å². The quantitative estimate of drug-likeness (QED) is 0.853. The van der Waals surface area contributed by atoms with E-state index in [1.807, 2.05) is 49.2 Å². The molecule has 3 heteroatoms. The lowest BCUT2D eigenvalue weighted by Crippen LogP contribution is -2.32. The molecule has 0 saturated carbocycles. The van der Waals surface area contributed by atoms with Crippen molar-refractivity contribution in [2.45, 2.75) is 13.0 Å². The van der Waals surface area contributed by atoms with Gasteiger partial charge in [0.25, 0.3) is 0 Å². The molecule has 1 aromatic carbocycles. The lowest BCUT2D eigenvalue weighted by molar-refractivity contribution is 0.270. The Hall–Kier alpha value is -1.61. The van der Waals surface area contributed by atoms with Crippen LogP contribution >= 0.6 is 0 Å². The zero-order chi connectivity index (χ0) is 11.5. The SMILES string of the molecule is CC(CO)N(C)c1ccc2ccccc2n1. The third-order valence-corrected chi connectivity index (χ3v) is 2.87. The van der Waals surface area contributed by atoms with Crippen molar-refractivity contribution >= 4 is 16.7 Å². The van der Waals surface area contributed by atoms with E-state index in [1.165, 1.54) is 0 Å². The predicted molar refractivity (Wildman–Crippen MR) is 66.7 cm³/mol. The summed E-state index contributed by atoms with van der Waals surface area (Å²) in [5, 5.41) is 10.2. The van der Waals surface area contributed by atoms with Crippen molar-refractivity contribution in [1.82, 2.24) is 4.98 Å². The summed E-state index contributed by atoms with van der Waals surface area (Å²) in [5.41, 5.74) is 0.983. The fourth-order valence-electron chi connectivity index (χ4n) is 1.60. The number of hydrogen-bond donors (Lipinski definition) is 1. The van der Waals surface area contributed by atoms with Gasteiger partial charge in [-0.1, -0.05) is 18.2 Å². The molecule has 0 bridgehead atoms. The number of aliphatic hydroxyl groups is 1. The van der Waals surface area contributed by atoms with E-state index in [9.17, 15) is 0 Å². The smallest absolute Gasteiger partial charge is 0.129 e. The largest absolute Gasteiger partial charge is 0.394 e. The Kier molecular flexibility index (Phi) is 3.06. The summed E-state index contributed by atoms with van der Waals surface area (Å²) in [6.07, 6.45) is 0. The minimum absolute atomic E-state index is 0.0775. The van der Waals surface area contributed by atoms with Gasteiger partial charge < -0.3 is 10.0 Å². The molecule has 16 heavy (non-hydrogen) atoms. The number of likely N-dealkylation sites (N-methyl/N-ethyl adjacent to an activating group) is 1. The average Bonchev–Trinajstić information content (AvgIpc) is 2.36. The van der Waals surface area contributed by atoms with E-state index in [0.29, 0.717) is 0 Å². The van der Waals surface area contributed by atoms with Gasteiger partial charge in [0.2, 0.25) is 0 Å². The second kappa shape index (κ2) is 4.49. The van der Waals surface area contributed by atoms with Crippen LogP contribution in [-0.2, 0) is 0 Å². The first kappa shape index (κ1) is 10.9. The van der Waals surface area contributed by atoms with Crippen LogP contribution in [0.25, 0.3) is 10.9 Å². The summed E-state index contributed by atoms with van der Waals surface area (Å²) in [5.74, 6) is 0.889. The first-order valence-electron chi connectivity index (χ1n) is 5.42. The fourth-order valence-corrected chi connectivity index (χ4v) is 1.60. The number of rotatable bonds is 3. The van der Waals surface area contributed by atoms with Crippen molar-refractivity contribution in [2.24, 2.45) is 0 Å². The van der Waals surface area contributed by atoms with E-state index in [0.717, 1.165) is 16.7 Å². The molecular weight excluding hydrogens is 200 g/mol. The van der Waals surface area contributed by atoms with Gasteiger partial charge in [-0.05, 0) is 25.1 Å². The summed E-state index contributed by atoms with van der Waals surface area (Å²) in [7, 11) is 1.94. The van der Waals surface area contributed by atoms with Gasteiger partial charge in [0, 0.05) is 12.4 Å². The first-order chi connectivity index (χ1) is 7.72. The van der Waals surface area contributed by atoms with Gasteiger partial charge >= 0.3 is 0 Å². The van der Waals surface area contributed by atoms with Crippen LogP contribution in [0.2, 0.25) is 0 Å². The number of pyridine rings is 1. The van der Waals surface area contributed by atoms with Gasteiger partial charge in [0.05, 0.1) is 18.2 Å². The van der Waals surface area contributed by atoms with Crippen molar-refractivity contribution in [2.75, 3.05) is 18.6 Å².